The molecule has 0 radical (unpaired) electrons. The topological polar surface area (TPSA) is 77.5 Å². The van der Waals surface area contributed by atoms with Crippen molar-refractivity contribution in [3.05, 3.63) is 58.4 Å². The van der Waals surface area contributed by atoms with Gasteiger partial charge in [0.05, 0.1) is 11.7 Å². The molecule has 2 aromatic heterocycles. The first-order valence-electron chi connectivity index (χ1n) is 11.6. The number of carbonyl (C=O) groups is 1. The van der Waals surface area contributed by atoms with Crippen molar-refractivity contribution < 1.29 is 13.6 Å². The molecule has 1 amide bonds. The predicted molar refractivity (Wildman–Crippen MR) is 125 cm³/mol. The number of fused-ring (bicyclic) bond motifs is 1. The Morgan fingerprint density at radius 1 is 1.09 bits per heavy atom. The number of rotatable bonds is 3. The lowest BCUT2D eigenvalue weighted by Gasteiger charge is -2.35. The minimum Gasteiger partial charge on any atom is -0.356 e. The number of nitrogens with zero attached hydrogens (tertiary/aromatic N) is 6. The van der Waals surface area contributed by atoms with Crippen molar-refractivity contribution in [3.63, 3.8) is 0 Å². The van der Waals surface area contributed by atoms with Crippen LogP contribution in [0.4, 0.5) is 14.6 Å². The molecule has 9 heteroatoms. The van der Waals surface area contributed by atoms with E-state index in [4.69, 9.17) is 15.3 Å². The largest absolute Gasteiger partial charge is 0.356 e. The first kappa shape index (κ1) is 23.6. The number of hydrogen-bond acceptors (Lipinski definition) is 5. The standard InChI is InChI=1S/C24H27F2N5O.CHN/c1-15-14-31-21(27-23(15)29-10-5-6-11-29)13-19(28-31)20-7-3-4-12-30(20)24(32)17-8-9-18(25)22(26)16(17)2;1-2/h8-9,13-14,20H,3-7,10-12H2,1-2H3;1H. The van der Waals surface area contributed by atoms with E-state index in [0.717, 1.165) is 61.1 Å². The van der Waals surface area contributed by atoms with Crippen LogP contribution < -0.4 is 4.90 Å². The number of piperidine rings is 1. The molecule has 0 bridgehead atoms. The minimum absolute atomic E-state index is 0.0434. The van der Waals surface area contributed by atoms with E-state index in [1.807, 2.05) is 19.2 Å². The van der Waals surface area contributed by atoms with E-state index in [-0.39, 0.29) is 23.1 Å². The third-order valence-electron chi connectivity index (χ3n) is 6.70. The van der Waals surface area contributed by atoms with Gasteiger partial charge in [0.15, 0.2) is 17.3 Å². The molecule has 1 unspecified atom stereocenters. The lowest BCUT2D eigenvalue weighted by molar-refractivity contribution is 0.0604. The Balaban J connectivity index is 0.00000133. The van der Waals surface area contributed by atoms with Crippen molar-refractivity contribution >= 4 is 17.4 Å². The summed E-state index contributed by atoms with van der Waals surface area (Å²) < 4.78 is 29.5. The molecule has 0 spiro atoms. The van der Waals surface area contributed by atoms with Gasteiger partial charge in [0.2, 0.25) is 0 Å². The summed E-state index contributed by atoms with van der Waals surface area (Å²) in [5.74, 6) is -1.20. The maximum absolute atomic E-state index is 14.1. The van der Waals surface area contributed by atoms with Gasteiger partial charge in [0, 0.05) is 55.2 Å². The number of carbonyl (C=O) groups excluding carboxylic acids is 1. The maximum Gasteiger partial charge on any atom is 0.254 e. The molecule has 2 aliphatic heterocycles. The van der Waals surface area contributed by atoms with Gasteiger partial charge < -0.3 is 9.80 Å². The average Bonchev–Trinajstić information content (AvgIpc) is 3.53. The third kappa shape index (κ3) is 4.20. The Bertz CT molecular complexity index is 1230. The lowest BCUT2D eigenvalue weighted by atomic mass is 9.97. The van der Waals surface area contributed by atoms with Gasteiger partial charge in [-0.25, -0.2) is 23.5 Å². The summed E-state index contributed by atoms with van der Waals surface area (Å²) in [6.45, 7) is 9.58. The minimum atomic E-state index is -0.966. The molecule has 7 nitrogen and oxygen atoms in total. The van der Waals surface area contributed by atoms with E-state index in [1.54, 1.807) is 9.42 Å². The quantitative estimate of drug-likeness (QED) is 0.558. The normalized spacial score (nSPS) is 18.1. The summed E-state index contributed by atoms with van der Waals surface area (Å²) in [5.41, 5.74) is 2.85. The number of nitriles is 1. The molecular weight excluding hydrogens is 438 g/mol. The van der Waals surface area contributed by atoms with E-state index < -0.39 is 11.6 Å². The molecule has 4 heterocycles. The number of likely N-dealkylation sites (tertiary alicyclic amines) is 1. The molecule has 1 atom stereocenters. The number of benzene rings is 1. The van der Waals surface area contributed by atoms with Gasteiger partial charge in [-0.3, -0.25) is 4.79 Å². The summed E-state index contributed by atoms with van der Waals surface area (Å²) in [4.78, 5) is 22.3. The van der Waals surface area contributed by atoms with Crippen LogP contribution in [0.2, 0.25) is 0 Å². The maximum atomic E-state index is 14.1. The van der Waals surface area contributed by atoms with Crippen LogP contribution in [0.3, 0.4) is 0 Å². The van der Waals surface area contributed by atoms with Crippen molar-refractivity contribution in [3.8, 4) is 6.57 Å². The third-order valence-corrected chi connectivity index (χ3v) is 6.70. The molecule has 34 heavy (non-hydrogen) atoms. The summed E-state index contributed by atoms with van der Waals surface area (Å²) in [5, 5.41) is 11.3. The zero-order chi connectivity index (χ0) is 24.4. The second-order valence-electron chi connectivity index (χ2n) is 8.86. The number of hydrogen-bond donors (Lipinski definition) is 0. The van der Waals surface area contributed by atoms with Crippen LogP contribution in [0, 0.1) is 37.3 Å². The Morgan fingerprint density at radius 3 is 2.53 bits per heavy atom. The van der Waals surface area contributed by atoms with E-state index in [1.165, 1.54) is 25.8 Å². The Hall–Kier alpha value is -3.54. The highest BCUT2D eigenvalue weighted by Gasteiger charge is 2.32. The van der Waals surface area contributed by atoms with Crippen molar-refractivity contribution in [1.29, 1.82) is 5.26 Å². The number of halogens is 2. The van der Waals surface area contributed by atoms with Crippen LogP contribution in [0.15, 0.2) is 24.4 Å². The highest BCUT2D eigenvalue weighted by molar-refractivity contribution is 5.96. The van der Waals surface area contributed by atoms with Crippen molar-refractivity contribution in [2.75, 3.05) is 24.5 Å². The van der Waals surface area contributed by atoms with E-state index in [9.17, 15) is 13.6 Å². The van der Waals surface area contributed by atoms with E-state index in [0.29, 0.717) is 6.54 Å². The average molecular weight is 467 g/mol. The Morgan fingerprint density at radius 2 is 1.79 bits per heavy atom. The predicted octanol–water partition coefficient (Wildman–Crippen LogP) is 4.73. The second-order valence-corrected chi connectivity index (χ2v) is 8.86. The van der Waals surface area contributed by atoms with Gasteiger partial charge in [-0.15, -0.1) is 0 Å². The molecule has 5 rings (SSSR count). The molecule has 2 fully saturated rings. The van der Waals surface area contributed by atoms with Crippen LogP contribution in [0.5, 0.6) is 0 Å². The molecule has 0 saturated carbocycles. The Kier molecular flexibility index (Phi) is 6.77. The van der Waals surface area contributed by atoms with Gasteiger partial charge in [-0.1, -0.05) is 0 Å². The molecule has 3 aromatic rings. The molecular formula is C25H28F2N6O. The number of aryl methyl sites for hydroxylation is 1. The molecule has 1 aromatic carbocycles. The fraction of sp³-hybridized carbons (Fsp3) is 0.440. The molecule has 0 aliphatic carbocycles. The first-order chi connectivity index (χ1) is 16.4. The Labute approximate surface area is 197 Å². The highest BCUT2D eigenvalue weighted by atomic mass is 19.2. The van der Waals surface area contributed by atoms with E-state index in [2.05, 4.69) is 11.5 Å². The van der Waals surface area contributed by atoms with Gasteiger partial charge in [-0.2, -0.15) is 5.10 Å². The zero-order valence-corrected chi connectivity index (χ0v) is 19.5. The van der Waals surface area contributed by atoms with Crippen molar-refractivity contribution in [2.24, 2.45) is 0 Å². The zero-order valence-electron chi connectivity index (χ0n) is 19.5. The SMILES string of the molecule is C#N.Cc1cn2nc(C3CCCCN3C(=O)c3ccc(F)c(F)c3C)cc2nc1N1CCCC1. The molecule has 2 saturated heterocycles. The first-order valence-corrected chi connectivity index (χ1v) is 11.6. The molecule has 0 N–H and O–H groups in total. The van der Waals surface area contributed by atoms with Crippen LogP contribution in [-0.2, 0) is 0 Å². The number of amides is 1. The lowest BCUT2D eigenvalue weighted by Crippen LogP contribution is -2.39. The van der Waals surface area contributed by atoms with Crippen LogP contribution in [0.25, 0.3) is 5.65 Å². The van der Waals surface area contributed by atoms with Crippen molar-refractivity contribution in [1.82, 2.24) is 19.5 Å². The van der Waals surface area contributed by atoms with Gasteiger partial charge in [-0.05, 0) is 58.1 Å². The number of aromatic nitrogens is 3. The fourth-order valence-corrected chi connectivity index (χ4v) is 4.95. The second kappa shape index (κ2) is 9.75. The van der Waals surface area contributed by atoms with Gasteiger partial charge in [0.25, 0.3) is 5.91 Å². The number of anilines is 1. The summed E-state index contributed by atoms with van der Waals surface area (Å²) >= 11 is 0. The highest BCUT2D eigenvalue weighted by Crippen LogP contribution is 2.33. The monoisotopic (exact) mass is 466 g/mol. The van der Waals surface area contributed by atoms with Gasteiger partial charge >= 0.3 is 0 Å². The molecule has 2 aliphatic rings. The van der Waals surface area contributed by atoms with E-state index >= 15 is 0 Å². The summed E-state index contributed by atoms with van der Waals surface area (Å²) in [6.07, 6.45) is 6.97. The summed E-state index contributed by atoms with van der Waals surface area (Å²) in [7, 11) is 0. The van der Waals surface area contributed by atoms with Gasteiger partial charge in [0.1, 0.15) is 5.82 Å². The van der Waals surface area contributed by atoms with Crippen molar-refractivity contribution in [2.45, 2.75) is 52.0 Å². The fourth-order valence-electron chi connectivity index (χ4n) is 4.95. The van der Waals surface area contributed by atoms with Crippen LogP contribution >= 0.6 is 0 Å². The van der Waals surface area contributed by atoms with Crippen LogP contribution in [0.1, 0.15) is 65.3 Å². The smallest absolute Gasteiger partial charge is 0.254 e. The van der Waals surface area contributed by atoms with Crippen LogP contribution in [-0.4, -0.2) is 45.0 Å². The molecule has 178 valence electrons. The summed E-state index contributed by atoms with van der Waals surface area (Å²) in [6, 6.07) is 4.12.